The summed E-state index contributed by atoms with van der Waals surface area (Å²) in [5, 5.41) is 4.23. The molecule has 0 radical (unpaired) electrons. The summed E-state index contributed by atoms with van der Waals surface area (Å²) in [6.45, 7) is 2.18. The summed E-state index contributed by atoms with van der Waals surface area (Å²) < 4.78 is 12.8. The van der Waals surface area contributed by atoms with Gasteiger partial charge in [0.15, 0.2) is 5.65 Å². The lowest BCUT2D eigenvalue weighted by atomic mass is 10.2. The first-order valence-corrected chi connectivity index (χ1v) is 12.0. The molecule has 36 heavy (non-hydrogen) atoms. The van der Waals surface area contributed by atoms with Gasteiger partial charge < -0.3 is 19.3 Å². The number of aryl methyl sites for hydroxylation is 1. The number of nitrogens with zero attached hydrogens (tertiary/aromatic N) is 7. The van der Waals surface area contributed by atoms with E-state index in [-0.39, 0.29) is 5.91 Å². The number of anilines is 2. The van der Waals surface area contributed by atoms with E-state index in [0.717, 1.165) is 36.5 Å². The minimum absolute atomic E-state index is 0.228. The van der Waals surface area contributed by atoms with Gasteiger partial charge in [0.05, 0.1) is 32.3 Å². The van der Waals surface area contributed by atoms with Crippen molar-refractivity contribution in [2.24, 2.45) is 7.05 Å². The molecule has 0 bridgehead atoms. The fourth-order valence-corrected chi connectivity index (χ4v) is 4.41. The highest BCUT2D eigenvalue weighted by molar-refractivity contribution is 5.78. The summed E-state index contributed by atoms with van der Waals surface area (Å²) in [5.41, 5.74) is 3.72. The first kappa shape index (κ1) is 23.5. The second-order valence-corrected chi connectivity index (χ2v) is 8.73. The molecule has 5 rings (SSSR count). The van der Waals surface area contributed by atoms with Crippen LogP contribution in [0.5, 0.6) is 11.5 Å². The van der Waals surface area contributed by atoms with Gasteiger partial charge in [-0.3, -0.25) is 14.5 Å². The average Bonchev–Trinajstić information content (AvgIpc) is 3.53. The van der Waals surface area contributed by atoms with Crippen molar-refractivity contribution in [2.75, 3.05) is 38.8 Å². The molecule has 1 saturated heterocycles. The molecule has 1 aliphatic rings. The summed E-state index contributed by atoms with van der Waals surface area (Å²) in [7, 11) is 5.13. The molecule has 0 unspecified atom stereocenters. The Kier molecular flexibility index (Phi) is 6.66. The number of benzene rings is 1. The van der Waals surface area contributed by atoms with Gasteiger partial charge in [0.2, 0.25) is 5.91 Å². The number of ether oxygens (including phenoxy) is 2. The first-order valence-electron chi connectivity index (χ1n) is 12.0. The van der Waals surface area contributed by atoms with Gasteiger partial charge in [-0.25, -0.2) is 9.97 Å². The molecule has 0 spiro atoms. The fraction of sp³-hybridized carbons (Fsp3) is 0.346. The third-order valence-corrected chi connectivity index (χ3v) is 6.30. The van der Waals surface area contributed by atoms with Crippen LogP contribution in [0, 0.1) is 0 Å². The zero-order valence-electron chi connectivity index (χ0n) is 20.7. The molecule has 1 aliphatic heterocycles. The first-order chi connectivity index (χ1) is 17.5. The van der Waals surface area contributed by atoms with Crippen molar-refractivity contribution in [1.82, 2.24) is 29.6 Å². The number of carbonyl (C=O) groups excluding carboxylic acids is 1. The van der Waals surface area contributed by atoms with E-state index in [4.69, 9.17) is 19.4 Å². The highest BCUT2D eigenvalue weighted by atomic mass is 16.5. The number of pyridine rings is 1. The number of hydrogen-bond donors (Lipinski definition) is 0. The maximum Gasteiger partial charge on any atom is 0.222 e. The largest absolute Gasteiger partial charge is 0.497 e. The summed E-state index contributed by atoms with van der Waals surface area (Å²) in [5.74, 6) is 2.32. The summed E-state index contributed by atoms with van der Waals surface area (Å²) in [4.78, 5) is 30.3. The van der Waals surface area contributed by atoms with Gasteiger partial charge >= 0.3 is 0 Å². The Hall–Kier alpha value is -4.21. The number of aromatic nitrogens is 5. The van der Waals surface area contributed by atoms with Gasteiger partial charge in [0.25, 0.3) is 0 Å². The summed E-state index contributed by atoms with van der Waals surface area (Å²) in [6.07, 6.45) is 7.74. The predicted molar refractivity (Wildman–Crippen MR) is 137 cm³/mol. The molecule has 3 aromatic heterocycles. The zero-order chi connectivity index (χ0) is 25.1. The molecule has 1 aromatic carbocycles. The normalized spacial score (nSPS) is 13.4. The van der Waals surface area contributed by atoms with E-state index in [0.29, 0.717) is 47.9 Å². The Labute approximate surface area is 209 Å². The fourth-order valence-electron chi connectivity index (χ4n) is 4.41. The third kappa shape index (κ3) is 4.93. The molecule has 186 valence electrons. The van der Waals surface area contributed by atoms with Crippen molar-refractivity contribution in [2.45, 2.75) is 19.3 Å². The van der Waals surface area contributed by atoms with Gasteiger partial charge in [0, 0.05) is 68.7 Å². The number of fused-ring (bicyclic) bond motifs is 1. The van der Waals surface area contributed by atoms with Gasteiger partial charge in [0.1, 0.15) is 22.8 Å². The summed E-state index contributed by atoms with van der Waals surface area (Å²) >= 11 is 0. The van der Waals surface area contributed by atoms with Gasteiger partial charge in [-0.2, -0.15) is 5.10 Å². The smallest absolute Gasteiger partial charge is 0.222 e. The van der Waals surface area contributed by atoms with Gasteiger partial charge in [-0.15, -0.1) is 0 Å². The van der Waals surface area contributed by atoms with Crippen LogP contribution in [-0.2, 0) is 11.8 Å². The number of rotatable bonds is 9. The second-order valence-electron chi connectivity index (χ2n) is 8.73. The van der Waals surface area contributed by atoms with Crippen LogP contribution in [0.4, 0.5) is 11.5 Å². The molecule has 10 nitrogen and oxygen atoms in total. The second kappa shape index (κ2) is 10.2. The van der Waals surface area contributed by atoms with E-state index in [2.05, 4.69) is 15.0 Å². The highest BCUT2D eigenvalue weighted by Gasteiger charge is 2.21. The zero-order valence-corrected chi connectivity index (χ0v) is 20.7. The van der Waals surface area contributed by atoms with E-state index in [1.165, 1.54) is 0 Å². The monoisotopic (exact) mass is 487 g/mol. The van der Waals surface area contributed by atoms with Crippen LogP contribution < -0.4 is 14.4 Å². The van der Waals surface area contributed by atoms with Crippen molar-refractivity contribution >= 4 is 28.6 Å². The SMILES string of the molecule is COc1cc(OC)cc(N(CCCN2CCCC2=O)c2ccc3ncc(-c4cnn(C)c4)nc3n2)c1. The molecule has 0 atom stereocenters. The molecular weight excluding hydrogens is 458 g/mol. The quantitative estimate of drug-likeness (QED) is 0.353. The van der Waals surface area contributed by atoms with Crippen LogP contribution in [-0.4, -0.2) is 69.4 Å². The van der Waals surface area contributed by atoms with Crippen molar-refractivity contribution in [3.63, 3.8) is 0 Å². The maximum absolute atomic E-state index is 12.1. The maximum atomic E-state index is 12.1. The molecule has 1 fully saturated rings. The van der Waals surface area contributed by atoms with Crippen molar-refractivity contribution in [3.05, 3.63) is 48.9 Å². The molecule has 0 N–H and O–H groups in total. The van der Waals surface area contributed by atoms with Gasteiger partial charge in [-0.05, 0) is 25.0 Å². The van der Waals surface area contributed by atoms with Crippen molar-refractivity contribution in [1.29, 1.82) is 0 Å². The van der Waals surface area contributed by atoms with Crippen LogP contribution in [0.3, 0.4) is 0 Å². The average molecular weight is 488 g/mol. The molecule has 4 aromatic rings. The van der Waals surface area contributed by atoms with Crippen LogP contribution in [0.1, 0.15) is 19.3 Å². The van der Waals surface area contributed by atoms with E-state index < -0.39 is 0 Å². The number of amides is 1. The minimum atomic E-state index is 0.228. The van der Waals surface area contributed by atoms with E-state index >= 15 is 0 Å². The lowest BCUT2D eigenvalue weighted by molar-refractivity contribution is -0.127. The highest BCUT2D eigenvalue weighted by Crippen LogP contribution is 2.33. The van der Waals surface area contributed by atoms with E-state index in [9.17, 15) is 4.79 Å². The van der Waals surface area contributed by atoms with E-state index in [1.54, 1.807) is 31.3 Å². The Balaban J connectivity index is 1.50. The third-order valence-electron chi connectivity index (χ3n) is 6.30. The molecule has 0 aliphatic carbocycles. The molecule has 4 heterocycles. The Bertz CT molecular complexity index is 1360. The standard InChI is InChI=1S/C26H29N7O3/c1-31-17-18(15-28-31)23-16-27-22-7-8-24(30-26(22)29-23)33(11-5-10-32-9-4-6-25(32)34)19-12-20(35-2)14-21(13-19)36-3/h7-8,12-17H,4-6,9-11H2,1-3H3. The minimum Gasteiger partial charge on any atom is -0.497 e. The number of hydrogen-bond acceptors (Lipinski definition) is 8. The van der Waals surface area contributed by atoms with Crippen LogP contribution >= 0.6 is 0 Å². The van der Waals surface area contributed by atoms with Crippen molar-refractivity contribution < 1.29 is 14.3 Å². The molecule has 1 amide bonds. The predicted octanol–water partition coefficient (Wildman–Crippen LogP) is 3.59. The number of likely N-dealkylation sites (tertiary alicyclic amines) is 1. The lowest BCUT2D eigenvalue weighted by Gasteiger charge is -2.26. The lowest BCUT2D eigenvalue weighted by Crippen LogP contribution is -2.29. The Morgan fingerprint density at radius 2 is 1.86 bits per heavy atom. The Morgan fingerprint density at radius 1 is 1.06 bits per heavy atom. The Morgan fingerprint density at radius 3 is 2.53 bits per heavy atom. The molecule has 0 saturated carbocycles. The van der Waals surface area contributed by atoms with Gasteiger partial charge in [-0.1, -0.05) is 0 Å². The van der Waals surface area contributed by atoms with Crippen LogP contribution in [0.15, 0.2) is 48.9 Å². The van der Waals surface area contributed by atoms with Crippen LogP contribution in [0.25, 0.3) is 22.4 Å². The topological polar surface area (TPSA) is 98.5 Å². The summed E-state index contributed by atoms with van der Waals surface area (Å²) in [6, 6.07) is 9.60. The number of methoxy groups -OCH3 is 2. The van der Waals surface area contributed by atoms with Crippen molar-refractivity contribution in [3.8, 4) is 22.8 Å². The number of carbonyl (C=O) groups is 1. The van der Waals surface area contributed by atoms with E-state index in [1.807, 2.05) is 48.5 Å². The molecular formula is C26H29N7O3. The van der Waals surface area contributed by atoms with Crippen LogP contribution in [0.2, 0.25) is 0 Å². The molecule has 10 heteroatoms.